The Labute approximate surface area is 146 Å². The molecule has 6 heteroatoms. The van der Waals surface area contributed by atoms with Gasteiger partial charge in [-0.05, 0) is 30.3 Å². The largest absolute Gasteiger partial charge is 0.493 e. The van der Waals surface area contributed by atoms with Gasteiger partial charge in [0.25, 0.3) is 0 Å². The number of morpholine rings is 1. The lowest BCUT2D eigenvalue weighted by Crippen LogP contribution is -2.36. The van der Waals surface area contributed by atoms with Gasteiger partial charge in [0.2, 0.25) is 5.91 Å². The summed E-state index contributed by atoms with van der Waals surface area (Å²) in [7, 11) is 0. The highest BCUT2D eigenvalue weighted by molar-refractivity contribution is 5.94. The van der Waals surface area contributed by atoms with Gasteiger partial charge >= 0.3 is 0 Å². The minimum atomic E-state index is -0.382. The molecule has 0 unspecified atom stereocenters. The zero-order valence-corrected chi connectivity index (χ0v) is 13.9. The van der Waals surface area contributed by atoms with Crippen LogP contribution in [-0.4, -0.2) is 38.8 Å². The van der Waals surface area contributed by atoms with Crippen molar-refractivity contribution in [1.82, 2.24) is 0 Å². The van der Waals surface area contributed by atoms with Crippen molar-refractivity contribution in [2.45, 2.75) is 6.42 Å². The molecule has 1 heterocycles. The van der Waals surface area contributed by atoms with Gasteiger partial charge in [-0.25, -0.2) is 4.39 Å². The Morgan fingerprint density at radius 2 is 1.92 bits per heavy atom. The minimum Gasteiger partial charge on any atom is -0.493 e. The summed E-state index contributed by atoms with van der Waals surface area (Å²) in [6.07, 6.45) is 0.188. The highest BCUT2D eigenvalue weighted by Crippen LogP contribution is 2.27. The van der Waals surface area contributed by atoms with Crippen molar-refractivity contribution in [3.63, 3.8) is 0 Å². The molecule has 3 rings (SSSR count). The van der Waals surface area contributed by atoms with E-state index in [1.807, 2.05) is 30.3 Å². The van der Waals surface area contributed by atoms with E-state index in [1.54, 1.807) is 6.07 Å². The summed E-state index contributed by atoms with van der Waals surface area (Å²) >= 11 is 0. The number of amides is 1. The fraction of sp³-hybridized carbons (Fsp3) is 0.316. The van der Waals surface area contributed by atoms with Crippen molar-refractivity contribution in [1.29, 1.82) is 0 Å². The number of carbonyl (C=O) groups is 1. The number of carbonyl (C=O) groups excluding carboxylic acids is 1. The molecule has 0 bridgehead atoms. The standard InChI is InChI=1S/C19H21FN2O3/c20-15-6-7-18(22-9-12-24-13-10-22)17(14-15)21-19(23)8-11-25-16-4-2-1-3-5-16/h1-7,14H,8-13H2,(H,21,23). The van der Waals surface area contributed by atoms with Crippen LogP contribution in [0.1, 0.15) is 6.42 Å². The molecular weight excluding hydrogens is 323 g/mol. The van der Waals surface area contributed by atoms with Crippen LogP contribution in [0.3, 0.4) is 0 Å². The first-order valence-corrected chi connectivity index (χ1v) is 8.32. The monoisotopic (exact) mass is 344 g/mol. The number of anilines is 2. The van der Waals surface area contributed by atoms with Gasteiger partial charge in [-0.2, -0.15) is 0 Å². The van der Waals surface area contributed by atoms with E-state index in [9.17, 15) is 9.18 Å². The summed E-state index contributed by atoms with van der Waals surface area (Å²) in [5.41, 5.74) is 1.29. The Kier molecular flexibility index (Phi) is 5.85. The normalized spacial score (nSPS) is 14.2. The fourth-order valence-corrected chi connectivity index (χ4v) is 2.68. The maximum Gasteiger partial charge on any atom is 0.227 e. The number of para-hydroxylation sites is 1. The second-order valence-electron chi connectivity index (χ2n) is 5.72. The Morgan fingerprint density at radius 1 is 1.16 bits per heavy atom. The molecule has 1 N–H and O–H groups in total. The lowest BCUT2D eigenvalue weighted by Gasteiger charge is -2.30. The van der Waals surface area contributed by atoms with E-state index < -0.39 is 0 Å². The number of benzene rings is 2. The van der Waals surface area contributed by atoms with Crippen molar-refractivity contribution >= 4 is 17.3 Å². The average Bonchev–Trinajstić information content (AvgIpc) is 2.63. The summed E-state index contributed by atoms with van der Waals surface area (Å²) in [6, 6.07) is 13.8. The molecule has 25 heavy (non-hydrogen) atoms. The predicted octanol–water partition coefficient (Wildman–Crippen LogP) is 3.07. The van der Waals surface area contributed by atoms with Crippen molar-refractivity contribution in [2.75, 3.05) is 43.1 Å². The van der Waals surface area contributed by atoms with Crippen LogP contribution >= 0.6 is 0 Å². The molecule has 1 saturated heterocycles. The minimum absolute atomic E-state index is 0.188. The third kappa shape index (κ3) is 4.93. The SMILES string of the molecule is O=C(CCOc1ccccc1)Nc1cc(F)ccc1N1CCOCC1. The highest BCUT2D eigenvalue weighted by Gasteiger charge is 2.16. The molecule has 5 nitrogen and oxygen atoms in total. The zero-order valence-electron chi connectivity index (χ0n) is 13.9. The molecule has 0 spiro atoms. The Balaban J connectivity index is 1.59. The Hall–Kier alpha value is -2.60. The van der Waals surface area contributed by atoms with Crippen molar-refractivity contribution in [3.8, 4) is 5.75 Å². The van der Waals surface area contributed by atoms with Gasteiger partial charge in [0.05, 0.1) is 37.6 Å². The maximum atomic E-state index is 13.6. The topological polar surface area (TPSA) is 50.8 Å². The molecule has 0 aliphatic carbocycles. The molecule has 1 amide bonds. The van der Waals surface area contributed by atoms with E-state index in [2.05, 4.69) is 10.2 Å². The molecule has 1 aliphatic rings. The molecule has 0 saturated carbocycles. The van der Waals surface area contributed by atoms with Crippen LogP contribution < -0.4 is 15.0 Å². The van der Waals surface area contributed by atoms with Gasteiger partial charge in [0.15, 0.2) is 0 Å². The number of hydrogen-bond acceptors (Lipinski definition) is 4. The second kappa shape index (κ2) is 8.48. The molecule has 2 aromatic rings. The van der Waals surface area contributed by atoms with Gasteiger partial charge in [0.1, 0.15) is 11.6 Å². The van der Waals surface area contributed by atoms with E-state index in [-0.39, 0.29) is 24.8 Å². The van der Waals surface area contributed by atoms with E-state index in [1.165, 1.54) is 12.1 Å². The summed E-state index contributed by atoms with van der Waals surface area (Å²) in [6.45, 7) is 2.93. The van der Waals surface area contributed by atoms with Crippen LogP contribution in [0, 0.1) is 5.82 Å². The number of ether oxygens (including phenoxy) is 2. The number of nitrogens with zero attached hydrogens (tertiary/aromatic N) is 1. The lowest BCUT2D eigenvalue weighted by atomic mass is 10.2. The first kappa shape index (κ1) is 17.2. The van der Waals surface area contributed by atoms with Gasteiger partial charge in [-0.15, -0.1) is 0 Å². The van der Waals surface area contributed by atoms with Crippen LogP contribution in [0.15, 0.2) is 48.5 Å². The quantitative estimate of drug-likeness (QED) is 0.875. The van der Waals surface area contributed by atoms with E-state index in [0.29, 0.717) is 32.0 Å². The van der Waals surface area contributed by atoms with E-state index >= 15 is 0 Å². The third-order valence-electron chi connectivity index (χ3n) is 3.93. The van der Waals surface area contributed by atoms with Crippen molar-refractivity contribution in [3.05, 3.63) is 54.3 Å². The van der Waals surface area contributed by atoms with Crippen LogP contribution in [0.4, 0.5) is 15.8 Å². The second-order valence-corrected chi connectivity index (χ2v) is 5.72. The van der Waals surface area contributed by atoms with E-state index in [0.717, 1.165) is 11.4 Å². The average molecular weight is 344 g/mol. The number of rotatable bonds is 6. The summed E-state index contributed by atoms with van der Waals surface area (Å²) < 4.78 is 24.5. The summed E-state index contributed by atoms with van der Waals surface area (Å²) in [5.74, 6) is 0.124. The van der Waals surface area contributed by atoms with Crippen molar-refractivity contribution in [2.24, 2.45) is 0 Å². The van der Waals surface area contributed by atoms with Crippen LogP contribution in [0.2, 0.25) is 0 Å². The Morgan fingerprint density at radius 3 is 2.68 bits per heavy atom. The molecule has 1 aliphatic heterocycles. The number of nitrogens with one attached hydrogen (secondary N) is 1. The molecule has 2 aromatic carbocycles. The molecule has 1 fully saturated rings. The van der Waals surface area contributed by atoms with Crippen LogP contribution in [0.5, 0.6) is 5.75 Å². The summed E-state index contributed by atoms with van der Waals surface area (Å²) in [5, 5.41) is 2.79. The van der Waals surface area contributed by atoms with Gasteiger partial charge in [-0.1, -0.05) is 18.2 Å². The zero-order chi connectivity index (χ0) is 17.5. The van der Waals surface area contributed by atoms with Crippen LogP contribution in [0.25, 0.3) is 0 Å². The maximum absolute atomic E-state index is 13.6. The number of hydrogen-bond donors (Lipinski definition) is 1. The molecule has 132 valence electrons. The predicted molar refractivity (Wildman–Crippen MR) is 94.6 cm³/mol. The third-order valence-corrected chi connectivity index (χ3v) is 3.93. The summed E-state index contributed by atoms with van der Waals surface area (Å²) in [4.78, 5) is 14.3. The smallest absolute Gasteiger partial charge is 0.227 e. The number of halogens is 1. The van der Waals surface area contributed by atoms with Gasteiger partial charge < -0.3 is 19.7 Å². The van der Waals surface area contributed by atoms with Crippen molar-refractivity contribution < 1.29 is 18.7 Å². The van der Waals surface area contributed by atoms with Gasteiger partial charge in [-0.3, -0.25) is 4.79 Å². The molecule has 0 aromatic heterocycles. The molecular formula is C19H21FN2O3. The molecule has 0 atom stereocenters. The molecule has 0 radical (unpaired) electrons. The van der Waals surface area contributed by atoms with E-state index in [4.69, 9.17) is 9.47 Å². The highest BCUT2D eigenvalue weighted by atomic mass is 19.1. The first-order chi connectivity index (χ1) is 12.2. The lowest BCUT2D eigenvalue weighted by molar-refractivity contribution is -0.116. The first-order valence-electron chi connectivity index (χ1n) is 8.32. The Bertz CT molecular complexity index is 703. The van der Waals surface area contributed by atoms with Crippen LogP contribution in [-0.2, 0) is 9.53 Å². The van der Waals surface area contributed by atoms with Gasteiger partial charge in [0, 0.05) is 13.1 Å². The fourth-order valence-electron chi connectivity index (χ4n) is 2.68.